The van der Waals surface area contributed by atoms with Gasteiger partial charge in [-0.25, -0.2) is 20.0 Å². The van der Waals surface area contributed by atoms with E-state index in [2.05, 4.69) is 68.5 Å². The second kappa shape index (κ2) is 13.5. The van der Waals surface area contributed by atoms with Crippen LogP contribution in [0, 0.1) is 0 Å². The van der Waals surface area contributed by atoms with Gasteiger partial charge in [-0.05, 0) is 60.7 Å². The fourth-order valence-electron chi connectivity index (χ4n) is 6.25. The summed E-state index contributed by atoms with van der Waals surface area (Å²) in [6.45, 7) is 0. The maximum Gasteiger partial charge on any atom is 0.0914 e. The number of fused-ring (bicyclic) bond motifs is 2. The van der Waals surface area contributed by atoms with Crippen LogP contribution in [0.3, 0.4) is 0 Å². The third-order valence-corrected chi connectivity index (χ3v) is 8.84. The van der Waals surface area contributed by atoms with E-state index >= 15 is 0 Å². The minimum atomic E-state index is 0.723. The zero-order chi connectivity index (χ0) is 34.7. The van der Waals surface area contributed by atoms with E-state index in [4.69, 9.17) is 20.0 Å². The van der Waals surface area contributed by atoms with Gasteiger partial charge in [0.1, 0.15) is 0 Å². The van der Waals surface area contributed by atoms with E-state index in [0.29, 0.717) is 0 Å². The Labute approximate surface area is 300 Å². The third-order valence-electron chi connectivity index (χ3n) is 8.84. The first-order chi connectivity index (χ1) is 25.8. The first kappa shape index (κ1) is 30.7. The van der Waals surface area contributed by atoms with Crippen molar-refractivity contribution in [2.24, 2.45) is 9.98 Å². The van der Waals surface area contributed by atoms with Crippen LogP contribution in [0.2, 0.25) is 0 Å². The fourth-order valence-corrected chi connectivity index (χ4v) is 6.25. The van der Waals surface area contributed by atoms with Gasteiger partial charge in [0.2, 0.25) is 0 Å². The Kier molecular flexibility index (Phi) is 7.99. The smallest absolute Gasteiger partial charge is 0.0914 e. The number of hydrogen-bond donors (Lipinski definition) is 0. The van der Waals surface area contributed by atoms with E-state index in [0.717, 1.165) is 90.3 Å². The molecule has 1 aliphatic rings. The summed E-state index contributed by atoms with van der Waals surface area (Å²) in [6, 6.07) is 44.2. The van der Waals surface area contributed by atoms with Crippen LogP contribution in [0.1, 0.15) is 22.3 Å². The van der Waals surface area contributed by atoms with Gasteiger partial charge in [-0.2, -0.15) is 0 Å². The Hall–Kier alpha value is -7.32. The molecule has 0 amide bonds. The molecule has 1 aliphatic heterocycles. The molecule has 0 unspecified atom stereocenters. The molecule has 0 fully saturated rings. The lowest BCUT2D eigenvalue weighted by atomic mass is 9.96. The van der Waals surface area contributed by atoms with Crippen LogP contribution in [0.5, 0.6) is 0 Å². The monoisotopic (exact) mass is 668 g/mol. The van der Waals surface area contributed by atoms with E-state index in [9.17, 15) is 0 Å². The highest BCUT2D eigenvalue weighted by molar-refractivity contribution is 6.22. The predicted octanol–water partition coefficient (Wildman–Crippen LogP) is 9.38. The van der Waals surface area contributed by atoms with Gasteiger partial charge in [-0.3, -0.25) is 19.9 Å². The maximum atomic E-state index is 5.25. The highest BCUT2D eigenvalue weighted by atomic mass is 14.9. The van der Waals surface area contributed by atoms with Gasteiger partial charge in [0.25, 0.3) is 0 Å². The number of nitrogens with zero attached hydrogens (tertiary/aromatic N) is 8. The summed E-state index contributed by atoms with van der Waals surface area (Å²) in [5.74, 6) is 0. The van der Waals surface area contributed by atoms with Gasteiger partial charge >= 0.3 is 0 Å². The van der Waals surface area contributed by atoms with Crippen molar-refractivity contribution in [3.63, 3.8) is 0 Å². The fraction of sp³-hybridized carbons (Fsp3) is 0. The van der Waals surface area contributed by atoms with Crippen molar-refractivity contribution in [2.75, 3.05) is 0 Å². The van der Waals surface area contributed by atoms with Crippen LogP contribution in [0.4, 0.5) is 11.4 Å². The molecule has 7 heterocycles. The highest BCUT2D eigenvalue weighted by Gasteiger charge is 2.21. The van der Waals surface area contributed by atoms with E-state index in [1.807, 2.05) is 84.9 Å². The Morgan fingerprint density at radius 3 is 1.13 bits per heavy atom. The van der Waals surface area contributed by atoms with Crippen LogP contribution in [-0.2, 0) is 0 Å². The van der Waals surface area contributed by atoms with Crippen molar-refractivity contribution < 1.29 is 0 Å². The van der Waals surface area contributed by atoms with Crippen LogP contribution >= 0.6 is 0 Å². The predicted molar refractivity (Wildman–Crippen MR) is 205 cm³/mol. The molecular formula is C44H28N8. The van der Waals surface area contributed by atoms with Crippen LogP contribution in [0.15, 0.2) is 181 Å². The summed E-state index contributed by atoms with van der Waals surface area (Å²) in [7, 11) is 0. The Balaban J connectivity index is 1.07. The van der Waals surface area contributed by atoms with Crippen LogP contribution in [0.25, 0.3) is 45.3 Å². The van der Waals surface area contributed by atoms with E-state index in [1.165, 1.54) is 0 Å². The Morgan fingerprint density at radius 2 is 0.712 bits per heavy atom. The van der Waals surface area contributed by atoms with Gasteiger partial charge in [0, 0.05) is 58.2 Å². The van der Waals surface area contributed by atoms with Crippen molar-refractivity contribution in [3.05, 3.63) is 193 Å². The van der Waals surface area contributed by atoms with Crippen molar-refractivity contribution in [1.29, 1.82) is 0 Å². The van der Waals surface area contributed by atoms with Gasteiger partial charge < -0.3 is 0 Å². The van der Waals surface area contributed by atoms with E-state index < -0.39 is 0 Å². The molecule has 52 heavy (non-hydrogen) atoms. The van der Waals surface area contributed by atoms with E-state index in [1.54, 1.807) is 37.2 Å². The second-order valence-electron chi connectivity index (χ2n) is 12.1. The number of hydrogen-bond acceptors (Lipinski definition) is 8. The lowest BCUT2D eigenvalue weighted by Gasteiger charge is -2.18. The topological polar surface area (TPSA) is 102 Å². The molecule has 0 saturated carbocycles. The quantitative estimate of drug-likeness (QED) is 0.175. The van der Waals surface area contributed by atoms with Crippen LogP contribution < -0.4 is 0 Å². The van der Waals surface area contributed by atoms with E-state index in [-0.39, 0.29) is 0 Å². The molecule has 0 atom stereocenters. The van der Waals surface area contributed by atoms with Gasteiger partial charge in [0.15, 0.2) is 0 Å². The number of pyridine rings is 6. The molecule has 9 rings (SSSR count). The first-order valence-corrected chi connectivity index (χ1v) is 16.8. The second-order valence-corrected chi connectivity index (χ2v) is 12.1. The number of rotatable bonds is 6. The van der Waals surface area contributed by atoms with Gasteiger partial charge in [0.05, 0.1) is 69.4 Å². The molecule has 0 spiro atoms. The number of aliphatic imine (C=N–C) groups is 2. The molecule has 2 aromatic carbocycles. The first-order valence-electron chi connectivity index (χ1n) is 16.8. The lowest BCUT2D eigenvalue weighted by Crippen LogP contribution is -2.10. The molecule has 8 nitrogen and oxygen atoms in total. The van der Waals surface area contributed by atoms with Crippen molar-refractivity contribution >= 4 is 22.8 Å². The average molecular weight is 669 g/mol. The summed E-state index contributed by atoms with van der Waals surface area (Å²) >= 11 is 0. The standard InChI is InChI=1S/C44H28N8/c1-3-23-47-37(7-1)39-11-5-9-35(49-39)29-13-17-31(18-14-29)43-33-21-25-45-27-41(33)52-44(34-22-26-46-28-42(34)51-43)32-19-15-30(16-20-32)36-10-6-12-40(50-36)38-8-2-4-24-48-38/h1-28H/b43-33?,44-34?,51-42?,51-43-,52-41?,52-44-. The van der Waals surface area contributed by atoms with Crippen molar-refractivity contribution in [3.8, 4) is 45.3 Å². The summed E-state index contributed by atoms with van der Waals surface area (Å²) < 4.78 is 0. The molecular weight excluding hydrogens is 641 g/mol. The molecule has 8 heteroatoms. The molecule has 0 bridgehead atoms. The molecule has 6 aromatic heterocycles. The lowest BCUT2D eigenvalue weighted by molar-refractivity contribution is 1.25. The minimum Gasteiger partial charge on any atom is -0.262 e. The Morgan fingerprint density at radius 1 is 0.308 bits per heavy atom. The molecule has 0 N–H and O–H groups in total. The summed E-state index contributed by atoms with van der Waals surface area (Å²) in [5.41, 5.74) is 13.7. The third kappa shape index (κ3) is 6.05. The normalized spacial score (nSPS) is 14.1. The summed E-state index contributed by atoms with van der Waals surface area (Å²) in [5, 5.41) is 0. The SMILES string of the molecule is c1ccc(-c2cccc(-c3ccc(/C4=N/c5cnccc5/C(c5ccc(-c6cccc(-c7ccccn7)n6)cc5)=N\c5cnccc54)cc3)n2)nc1. The van der Waals surface area contributed by atoms with Crippen LogP contribution in [-0.4, -0.2) is 41.3 Å². The zero-order valence-corrected chi connectivity index (χ0v) is 27.7. The molecule has 0 saturated heterocycles. The molecule has 0 radical (unpaired) electrons. The zero-order valence-electron chi connectivity index (χ0n) is 27.7. The summed E-state index contributed by atoms with van der Waals surface area (Å²) in [4.78, 5) is 38.1. The maximum absolute atomic E-state index is 5.25. The minimum absolute atomic E-state index is 0.723. The summed E-state index contributed by atoms with van der Waals surface area (Å²) in [6.07, 6.45) is 10.7. The van der Waals surface area contributed by atoms with Gasteiger partial charge in [-0.15, -0.1) is 0 Å². The molecule has 8 aromatic rings. The van der Waals surface area contributed by atoms with Crippen molar-refractivity contribution in [1.82, 2.24) is 29.9 Å². The number of aromatic nitrogens is 6. The molecule has 244 valence electrons. The van der Waals surface area contributed by atoms with Crippen molar-refractivity contribution in [2.45, 2.75) is 0 Å². The highest BCUT2D eigenvalue weighted by Crippen LogP contribution is 2.33. The largest absolute Gasteiger partial charge is 0.262 e. The van der Waals surface area contributed by atoms with Gasteiger partial charge in [-0.1, -0.05) is 72.8 Å². The molecule has 0 aliphatic carbocycles. The Bertz CT molecular complexity index is 2420. The number of benzene rings is 2. The average Bonchev–Trinajstić information content (AvgIpc) is 3.22.